The fourth-order valence-corrected chi connectivity index (χ4v) is 2.84. The van der Waals surface area contributed by atoms with Gasteiger partial charge in [0, 0.05) is 19.1 Å². The van der Waals surface area contributed by atoms with Crippen LogP contribution in [0.5, 0.6) is 0 Å². The van der Waals surface area contributed by atoms with Gasteiger partial charge in [-0.2, -0.15) is 0 Å². The van der Waals surface area contributed by atoms with Crippen LogP contribution >= 0.6 is 0 Å². The molecule has 0 amide bonds. The lowest BCUT2D eigenvalue weighted by Gasteiger charge is -2.27. The van der Waals surface area contributed by atoms with Gasteiger partial charge in [0.25, 0.3) is 0 Å². The number of likely N-dealkylation sites (tertiary alicyclic amines) is 1. The molecule has 0 aromatic rings. The lowest BCUT2D eigenvalue weighted by atomic mass is 9.99. The van der Waals surface area contributed by atoms with Crippen molar-refractivity contribution >= 4 is 0 Å². The SMILES string of the molecule is CCCC1CCN(CC(NC)C(C)CC)C1. The first-order valence-electron chi connectivity index (χ1n) is 7.10. The molecule has 0 bridgehead atoms. The summed E-state index contributed by atoms with van der Waals surface area (Å²) in [5, 5.41) is 3.48. The minimum atomic E-state index is 0.672. The van der Waals surface area contributed by atoms with Crippen molar-refractivity contribution in [1.82, 2.24) is 10.2 Å². The average molecular weight is 226 g/mol. The molecule has 96 valence electrons. The van der Waals surface area contributed by atoms with Crippen molar-refractivity contribution in [2.45, 2.75) is 52.5 Å². The summed E-state index contributed by atoms with van der Waals surface area (Å²) in [5.74, 6) is 1.76. The fourth-order valence-electron chi connectivity index (χ4n) is 2.84. The molecule has 16 heavy (non-hydrogen) atoms. The zero-order chi connectivity index (χ0) is 12.0. The summed E-state index contributed by atoms with van der Waals surface area (Å²) in [7, 11) is 2.11. The van der Waals surface area contributed by atoms with Gasteiger partial charge in [0.1, 0.15) is 0 Å². The molecular formula is C14H30N2. The molecule has 0 aliphatic carbocycles. The van der Waals surface area contributed by atoms with E-state index < -0.39 is 0 Å². The van der Waals surface area contributed by atoms with Gasteiger partial charge in [-0.05, 0) is 38.3 Å². The van der Waals surface area contributed by atoms with E-state index in [2.05, 4.69) is 38.0 Å². The van der Waals surface area contributed by atoms with Gasteiger partial charge in [0.15, 0.2) is 0 Å². The lowest BCUT2D eigenvalue weighted by molar-refractivity contribution is 0.244. The highest BCUT2D eigenvalue weighted by atomic mass is 15.2. The lowest BCUT2D eigenvalue weighted by Crippen LogP contribution is -2.42. The van der Waals surface area contributed by atoms with Crippen LogP contribution in [0.3, 0.4) is 0 Å². The van der Waals surface area contributed by atoms with Gasteiger partial charge in [-0.3, -0.25) is 0 Å². The quantitative estimate of drug-likeness (QED) is 0.718. The van der Waals surface area contributed by atoms with Crippen molar-refractivity contribution < 1.29 is 0 Å². The van der Waals surface area contributed by atoms with Crippen LogP contribution < -0.4 is 5.32 Å². The van der Waals surface area contributed by atoms with Gasteiger partial charge in [-0.15, -0.1) is 0 Å². The zero-order valence-corrected chi connectivity index (χ0v) is 11.6. The van der Waals surface area contributed by atoms with Crippen LogP contribution in [0.4, 0.5) is 0 Å². The van der Waals surface area contributed by atoms with Crippen LogP contribution in [0.15, 0.2) is 0 Å². The number of likely N-dealkylation sites (N-methyl/N-ethyl adjacent to an activating group) is 1. The Morgan fingerprint density at radius 1 is 1.38 bits per heavy atom. The van der Waals surface area contributed by atoms with E-state index in [0.717, 1.165) is 11.8 Å². The summed E-state index contributed by atoms with van der Waals surface area (Å²) < 4.78 is 0. The maximum Gasteiger partial charge on any atom is 0.0217 e. The van der Waals surface area contributed by atoms with Crippen molar-refractivity contribution in [1.29, 1.82) is 0 Å². The van der Waals surface area contributed by atoms with Gasteiger partial charge < -0.3 is 10.2 Å². The molecule has 0 spiro atoms. The number of hydrogen-bond donors (Lipinski definition) is 1. The zero-order valence-electron chi connectivity index (χ0n) is 11.6. The van der Waals surface area contributed by atoms with Gasteiger partial charge in [0.2, 0.25) is 0 Å². The molecular weight excluding hydrogens is 196 g/mol. The number of hydrogen-bond acceptors (Lipinski definition) is 2. The predicted molar refractivity (Wildman–Crippen MR) is 71.8 cm³/mol. The summed E-state index contributed by atoms with van der Waals surface area (Å²) in [5.41, 5.74) is 0. The Balaban J connectivity index is 2.31. The molecule has 3 unspecified atom stereocenters. The molecule has 2 nitrogen and oxygen atoms in total. The third-order valence-corrected chi connectivity index (χ3v) is 4.22. The molecule has 1 aliphatic heterocycles. The predicted octanol–water partition coefficient (Wildman–Crippen LogP) is 2.74. The highest BCUT2D eigenvalue weighted by Crippen LogP contribution is 2.21. The van der Waals surface area contributed by atoms with Crippen molar-refractivity contribution in [3.63, 3.8) is 0 Å². The Kier molecular flexibility index (Phi) is 6.37. The minimum absolute atomic E-state index is 0.672. The van der Waals surface area contributed by atoms with Crippen LogP contribution in [0.1, 0.15) is 46.5 Å². The van der Waals surface area contributed by atoms with Gasteiger partial charge in [0.05, 0.1) is 0 Å². The molecule has 2 heteroatoms. The van der Waals surface area contributed by atoms with Crippen molar-refractivity contribution in [3.8, 4) is 0 Å². The molecule has 1 rings (SSSR count). The highest BCUT2D eigenvalue weighted by Gasteiger charge is 2.25. The van der Waals surface area contributed by atoms with E-state index >= 15 is 0 Å². The number of rotatable bonds is 7. The smallest absolute Gasteiger partial charge is 0.0217 e. The normalized spacial score (nSPS) is 25.9. The molecule has 0 saturated carbocycles. The Bertz CT molecular complexity index is 182. The van der Waals surface area contributed by atoms with E-state index in [-0.39, 0.29) is 0 Å². The highest BCUT2D eigenvalue weighted by molar-refractivity contribution is 4.81. The van der Waals surface area contributed by atoms with Crippen LogP contribution in [0.25, 0.3) is 0 Å². The number of nitrogens with zero attached hydrogens (tertiary/aromatic N) is 1. The van der Waals surface area contributed by atoms with E-state index in [0.29, 0.717) is 6.04 Å². The van der Waals surface area contributed by atoms with E-state index in [1.807, 2.05) is 0 Å². The first kappa shape index (κ1) is 14.0. The second-order valence-corrected chi connectivity index (χ2v) is 5.48. The van der Waals surface area contributed by atoms with E-state index in [1.165, 1.54) is 45.3 Å². The molecule has 1 heterocycles. The topological polar surface area (TPSA) is 15.3 Å². The maximum atomic E-state index is 3.48. The Morgan fingerprint density at radius 2 is 2.12 bits per heavy atom. The van der Waals surface area contributed by atoms with E-state index in [4.69, 9.17) is 0 Å². The molecule has 0 aromatic heterocycles. The summed E-state index contributed by atoms with van der Waals surface area (Å²) in [6.45, 7) is 10.9. The standard InChI is InChI=1S/C14H30N2/c1-5-7-13-8-9-16(10-13)11-14(15-4)12(3)6-2/h12-15H,5-11H2,1-4H3. The Hall–Kier alpha value is -0.0800. The monoisotopic (exact) mass is 226 g/mol. The second kappa shape index (κ2) is 7.29. The third-order valence-electron chi connectivity index (χ3n) is 4.22. The van der Waals surface area contributed by atoms with Crippen LogP contribution in [0.2, 0.25) is 0 Å². The summed E-state index contributed by atoms with van der Waals surface area (Å²) in [6.07, 6.45) is 5.46. The first-order chi connectivity index (χ1) is 7.71. The van der Waals surface area contributed by atoms with Crippen LogP contribution in [-0.2, 0) is 0 Å². The van der Waals surface area contributed by atoms with Crippen LogP contribution in [-0.4, -0.2) is 37.6 Å². The largest absolute Gasteiger partial charge is 0.315 e. The Morgan fingerprint density at radius 3 is 2.69 bits per heavy atom. The maximum absolute atomic E-state index is 3.48. The van der Waals surface area contributed by atoms with Crippen molar-refractivity contribution in [3.05, 3.63) is 0 Å². The molecule has 1 aliphatic rings. The van der Waals surface area contributed by atoms with Gasteiger partial charge in [-0.1, -0.05) is 33.6 Å². The van der Waals surface area contributed by atoms with Gasteiger partial charge >= 0.3 is 0 Å². The number of nitrogens with one attached hydrogen (secondary N) is 1. The minimum Gasteiger partial charge on any atom is -0.315 e. The van der Waals surface area contributed by atoms with E-state index in [9.17, 15) is 0 Å². The van der Waals surface area contributed by atoms with Crippen molar-refractivity contribution in [2.24, 2.45) is 11.8 Å². The fraction of sp³-hybridized carbons (Fsp3) is 1.00. The summed E-state index contributed by atoms with van der Waals surface area (Å²) in [4.78, 5) is 2.66. The Labute approximate surface area is 102 Å². The van der Waals surface area contributed by atoms with Crippen LogP contribution in [0, 0.1) is 11.8 Å². The average Bonchev–Trinajstić information content (AvgIpc) is 2.73. The van der Waals surface area contributed by atoms with Gasteiger partial charge in [-0.25, -0.2) is 0 Å². The third kappa shape index (κ3) is 4.06. The molecule has 1 N–H and O–H groups in total. The summed E-state index contributed by atoms with van der Waals surface area (Å²) >= 11 is 0. The van der Waals surface area contributed by atoms with E-state index in [1.54, 1.807) is 0 Å². The molecule has 0 aromatic carbocycles. The molecule has 1 fully saturated rings. The first-order valence-corrected chi connectivity index (χ1v) is 7.10. The second-order valence-electron chi connectivity index (χ2n) is 5.48. The molecule has 1 saturated heterocycles. The summed E-state index contributed by atoms with van der Waals surface area (Å²) in [6, 6.07) is 0.672. The van der Waals surface area contributed by atoms with Crippen molar-refractivity contribution in [2.75, 3.05) is 26.7 Å². The molecule has 0 radical (unpaired) electrons. The molecule has 3 atom stereocenters.